The molecule has 4 heteroatoms. The van der Waals surface area contributed by atoms with Gasteiger partial charge in [-0.3, -0.25) is 4.79 Å². The van der Waals surface area contributed by atoms with Gasteiger partial charge in [0.25, 0.3) is 0 Å². The van der Waals surface area contributed by atoms with Crippen molar-refractivity contribution in [3.05, 3.63) is 58.1 Å². The van der Waals surface area contributed by atoms with Gasteiger partial charge in [-0.1, -0.05) is 29.8 Å². The van der Waals surface area contributed by atoms with Crippen LogP contribution in [0, 0.1) is 13.8 Å². The second-order valence-corrected chi connectivity index (χ2v) is 5.29. The van der Waals surface area contributed by atoms with E-state index < -0.39 is 0 Å². The second-order valence-electron chi connectivity index (χ2n) is 4.88. The fraction of sp³-hybridized carbons (Fsp3) is 0.188. The van der Waals surface area contributed by atoms with Gasteiger partial charge in [0, 0.05) is 5.69 Å². The summed E-state index contributed by atoms with van der Waals surface area (Å²) < 4.78 is 0. The first-order valence-electron chi connectivity index (χ1n) is 6.36. The van der Waals surface area contributed by atoms with Gasteiger partial charge in [0.1, 0.15) is 0 Å². The maximum absolute atomic E-state index is 12.0. The van der Waals surface area contributed by atoms with E-state index in [0.29, 0.717) is 22.8 Å². The minimum atomic E-state index is -0.110. The monoisotopic (exact) mass is 288 g/mol. The van der Waals surface area contributed by atoms with Gasteiger partial charge in [-0.05, 0) is 48.7 Å². The number of anilines is 2. The summed E-state index contributed by atoms with van der Waals surface area (Å²) in [7, 11) is 0. The molecule has 0 aliphatic heterocycles. The first kappa shape index (κ1) is 14.4. The maximum Gasteiger partial charge on any atom is 0.228 e. The van der Waals surface area contributed by atoms with Crippen LogP contribution >= 0.6 is 11.6 Å². The van der Waals surface area contributed by atoms with Crippen LogP contribution in [0.1, 0.15) is 16.7 Å². The van der Waals surface area contributed by atoms with Gasteiger partial charge >= 0.3 is 0 Å². The molecule has 2 aromatic carbocycles. The zero-order valence-corrected chi connectivity index (χ0v) is 12.3. The summed E-state index contributed by atoms with van der Waals surface area (Å²) in [6.45, 7) is 4.08. The summed E-state index contributed by atoms with van der Waals surface area (Å²) >= 11 is 6.02. The molecule has 2 rings (SSSR count). The molecule has 0 heterocycles. The normalized spacial score (nSPS) is 10.3. The van der Waals surface area contributed by atoms with E-state index in [1.807, 2.05) is 32.0 Å². The molecule has 0 bridgehead atoms. The third-order valence-electron chi connectivity index (χ3n) is 3.20. The molecule has 0 aromatic heterocycles. The Bertz CT molecular complexity index is 653. The number of amides is 1. The van der Waals surface area contributed by atoms with E-state index >= 15 is 0 Å². The van der Waals surface area contributed by atoms with Crippen LogP contribution in [0.4, 0.5) is 11.4 Å². The first-order valence-corrected chi connectivity index (χ1v) is 6.74. The summed E-state index contributed by atoms with van der Waals surface area (Å²) in [5, 5.41) is 3.26. The zero-order valence-electron chi connectivity index (χ0n) is 11.5. The Morgan fingerprint density at radius 3 is 2.60 bits per heavy atom. The van der Waals surface area contributed by atoms with E-state index in [1.54, 1.807) is 18.2 Å². The van der Waals surface area contributed by atoms with Gasteiger partial charge in [-0.2, -0.15) is 0 Å². The van der Waals surface area contributed by atoms with E-state index in [0.717, 1.165) is 5.56 Å². The number of hydrogen-bond acceptors (Lipinski definition) is 2. The van der Waals surface area contributed by atoms with E-state index in [2.05, 4.69) is 5.32 Å². The molecular formula is C16H17ClN2O. The van der Waals surface area contributed by atoms with Crippen molar-refractivity contribution in [2.45, 2.75) is 20.3 Å². The molecule has 0 aliphatic carbocycles. The molecular weight excluding hydrogens is 272 g/mol. The molecule has 0 atom stereocenters. The third-order valence-corrected chi connectivity index (χ3v) is 3.53. The molecule has 0 aliphatic rings. The van der Waals surface area contributed by atoms with Crippen molar-refractivity contribution in [2.24, 2.45) is 0 Å². The van der Waals surface area contributed by atoms with Crippen LogP contribution < -0.4 is 11.1 Å². The number of hydrogen-bond donors (Lipinski definition) is 2. The van der Waals surface area contributed by atoms with Crippen LogP contribution in [0.15, 0.2) is 36.4 Å². The van der Waals surface area contributed by atoms with Crippen LogP contribution in [-0.4, -0.2) is 5.91 Å². The molecule has 0 fully saturated rings. The van der Waals surface area contributed by atoms with Gasteiger partial charge in [-0.25, -0.2) is 0 Å². The summed E-state index contributed by atoms with van der Waals surface area (Å²) in [6.07, 6.45) is 0.312. The molecule has 2 aromatic rings. The van der Waals surface area contributed by atoms with Gasteiger partial charge in [0.2, 0.25) is 5.91 Å². The SMILES string of the molecule is Cc1ccc(CC(=O)Nc2cc(N)ccc2Cl)cc1C. The molecule has 20 heavy (non-hydrogen) atoms. The standard InChI is InChI=1S/C16H17ClN2O/c1-10-3-4-12(7-11(10)2)8-16(20)19-15-9-13(18)5-6-14(15)17/h3-7,9H,8,18H2,1-2H3,(H,19,20). The van der Waals surface area contributed by atoms with E-state index in [-0.39, 0.29) is 5.91 Å². The fourth-order valence-corrected chi connectivity index (χ4v) is 2.10. The average molecular weight is 289 g/mol. The second kappa shape index (κ2) is 5.97. The van der Waals surface area contributed by atoms with Crippen molar-refractivity contribution < 1.29 is 4.79 Å². The van der Waals surface area contributed by atoms with Crippen molar-refractivity contribution in [3.63, 3.8) is 0 Å². The molecule has 0 saturated heterocycles. The van der Waals surface area contributed by atoms with E-state index in [1.165, 1.54) is 11.1 Å². The lowest BCUT2D eigenvalue weighted by Crippen LogP contribution is -2.15. The molecule has 3 N–H and O–H groups in total. The Balaban J connectivity index is 2.09. The highest BCUT2D eigenvalue weighted by atomic mass is 35.5. The first-order chi connectivity index (χ1) is 9.45. The Labute approximate surface area is 123 Å². The number of nitrogens with two attached hydrogens (primary N) is 1. The number of benzene rings is 2. The van der Waals surface area contributed by atoms with Crippen LogP contribution in [-0.2, 0) is 11.2 Å². The predicted octanol–water partition coefficient (Wildman–Crippen LogP) is 3.72. The van der Waals surface area contributed by atoms with Crippen LogP contribution in [0.3, 0.4) is 0 Å². The van der Waals surface area contributed by atoms with Gasteiger partial charge in [-0.15, -0.1) is 0 Å². The van der Waals surface area contributed by atoms with E-state index in [9.17, 15) is 4.79 Å². The third kappa shape index (κ3) is 3.52. The number of halogens is 1. The maximum atomic E-state index is 12.0. The van der Waals surface area contributed by atoms with Crippen molar-refractivity contribution in [3.8, 4) is 0 Å². The average Bonchev–Trinajstić information content (AvgIpc) is 2.38. The molecule has 0 saturated carbocycles. The van der Waals surface area contributed by atoms with Crippen molar-refractivity contribution in [1.82, 2.24) is 0 Å². The Morgan fingerprint density at radius 2 is 1.90 bits per heavy atom. The zero-order chi connectivity index (χ0) is 14.7. The molecule has 3 nitrogen and oxygen atoms in total. The summed E-state index contributed by atoms with van der Waals surface area (Å²) in [6, 6.07) is 11.0. The number of nitrogen functional groups attached to an aromatic ring is 1. The highest BCUT2D eigenvalue weighted by Crippen LogP contribution is 2.24. The lowest BCUT2D eigenvalue weighted by atomic mass is 10.0. The molecule has 0 spiro atoms. The summed E-state index contributed by atoms with van der Waals surface area (Å²) in [5.74, 6) is -0.110. The molecule has 0 radical (unpaired) electrons. The van der Waals surface area contributed by atoms with Crippen molar-refractivity contribution in [1.29, 1.82) is 0 Å². The number of nitrogens with one attached hydrogen (secondary N) is 1. The Hall–Kier alpha value is -2.00. The molecule has 1 amide bonds. The summed E-state index contributed by atoms with van der Waals surface area (Å²) in [4.78, 5) is 12.0. The molecule has 104 valence electrons. The van der Waals surface area contributed by atoms with Crippen molar-refractivity contribution >= 4 is 28.9 Å². The summed E-state index contributed by atoms with van der Waals surface area (Å²) in [5.41, 5.74) is 10.2. The predicted molar refractivity (Wildman–Crippen MR) is 84.1 cm³/mol. The lowest BCUT2D eigenvalue weighted by molar-refractivity contribution is -0.115. The Kier molecular flexibility index (Phi) is 4.30. The number of carbonyl (C=O) groups is 1. The largest absolute Gasteiger partial charge is 0.399 e. The highest BCUT2D eigenvalue weighted by Gasteiger charge is 2.08. The minimum absolute atomic E-state index is 0.110. The van der Waals surface area contributed by atoms with E-state index in [4.69, 9.17) is 17.3 Å². The van der Waals surface area contributed by atoms with Gasteiger partial charge in [0.15, 0.2) is 0 Å². The van der Waals surface area contributed by atoms with Gasteiger partial charge in [0.05, 0.1) is 17.1 Å². The quantitative estimate of drug-likeness (QED) is 0.846. The van der Waals surface area contributed by atoms with Gasteiger partial charge < -0.3 is 11.1 Å². The number of carbonyl (C=O) groups excluding carboxylic acids is 1. The molecule has 0 unspecified atom stereocenters. The van der Waals surface area contributed by atoms with Crippen molar-refractivity contribution in [2.75, 3.05) is 11.1 Å². The van der Waals surface area contributed by atoms with Crippen LogP contribution in [0.25, 0.3) is 0 Å². The highest BCUT2D eigenvalue weighted by molar-refractivity contribution is 6.33. The number of rotatable bonds is 3. The minimum Gasteiger partial charge on any atom is -0.399 e. The fourth-order valence-electron chi connectivity index (χ4n) is 1.93. The van der Waals surface area contributed by atoms with Crippen LogP contribution in [0.5, 0.6) is 0 Å². The smallest absolute Gasteiger partial charge is 0.228 e. The lowest BCUT2D eigenvalue weighted by Gasteiger charge is -2.09. The van der Waals surface area contributed by atoms with Crippen LogP contribution in [0.2, 0.25) is 5.02 Å². The number of aryl methyl sites for hydroxylation is 2. The topological polar surface area (TPSA) is 55.1 Å². The Morgan fingerprint density at radius 1 is 1.15 bits per heavy atom.